The maximum Gasteiger partial charge on any atom is 0.0149 e. The second kappa shape index (κ2) is 6.27. The topological polar surface area (TPSA) is 15.3 Å². The van der Waals surface area contributed by atoms with Crippen LogP contribution in [0.2, 0.25) is 0 Å². The van der Waals surface area contributed by atoms with Crippen molar-refractivity contribution < 1.29 is 0 Å². The van der Waals surface area contributed by atoms with Crippen molar-refractivity contribution in [2.75, 3.05) is 26.2 Å². The van der Waals surface area contributed by atoms with Gasteiger partial charge in [-0.3, -0.25) is 0 Å². The van der Waals surface area contributed by atoms with Crippen LogP contribution in [-0.4, -0.2) is 47.6 Å². The van der Waals surface area contributed by atoms with Gasteiger partial charge in [-0.1, -0.05) is 13.8 Å². The number of thioether (sulfide) groups is 1. The second-order valence-corrected chi connectivity index (χ2v) is 7.33. The molecule has 1 saturated heterocycles. The Morgan fingerprint density at radius 3 is 2.44 bits per heavy atom. The maximum absolute atomic E-state index is 3.59. The van der Waals surface area contributed by atoms with Gasteiger partial charge in [0.05, 0.1) is 0 Å². The zero-order valence-corrected chi connectivity index (χ0v) is 11.6. The molecule has 2 atom stereocenters. The number of nitrogens with one attached hydrogen (secondary N) is 1. The van der Waals surface area contributed by atoms with Crippen LogP contribution in [0.5, 0.6) is 0 Å². The van der Waals surface area contributed by atoms with E-state index >= 15 is 0 Å². The minimum atomic E-state index is 0.827. The lowest BCUT2D eigenvalue weighted by Crippen LogP contribution is -2.40. The van der Waals surface area contributed by atoms with E-state index in [1.807, 2.05) is 0 Å². The first-order valence-corrected chi connectivity index (χ1v) is 7.79. The van der Waals surface area contributed by atoms with Gasteiger partial charge in [0.25, 0.3) is 0 Å². The molecule has 2 fully saturated rings. The highest BCUT2D eigenvalue weighted by atomic mass is 32.2. The summed E-state index contributed by atoms with van der Waals surface area (Å²) in [7, 11) is 0. The summed E-state index contributed by atoms with van der Waals surface area (Å²) in [6.45, 7) is 9.86. The van der Waals surface area contributed by atoms with Crippen LogP contribution in [0.3, 0.4) is 0 Å². The van der Waals surface area contributed by atoms with Gasteiger partial charge in [0.2, 0.25) is 0 Å². The van der Waals surface area contributed by atoms with Crippen LogP contribution < -0.4 is 5.32 Å². The van der Waals surface area contributed by atoms with Crippen LogP contribution >= 0.6 is 11.8 Å². The lowest BCUT2D eigenvalue weighted by Gasteiger charge is -2.34. The largest absolute Gasteiger partial charge is 0.314 e. The molecule has 0 aromatic rings. The summed E-state index contributed by atoms with van der Waals surface area (Å²) >= 11 is 2.15. The molecular weight excluding hydrogens is 216 g/mol. The van der Waals surface area contributed by atoms with E-state index in [1.165, 1.54) is 51.9 Å². The Morgan fingerprint density at radius 2 is 1.81 bits per heavy atom. The Morgan fingerprint density at radius 1 is 1.12 bits per heavy atom. The van der Waals surface area contributed by atoms with E-state index in [2.05, 4.69) is 35.8 Å². The molecule has 2 unspecified atom stereocenters. The molecule has 2 aliphatic rings. The summed E-state index contributed by atoms with van der Waals surface area (Å²) in [5, 5.41) is 5.24. The fraction of sp³-hybridized carbons (Fsp3) is 1.00. The molecule has 3 heteroatoms. The summed E-state index contributed by atoms with van der Waals surface area (Å²) in [5.74, 6) is 0. The molecule has 0 spiro atoms. The van der Waals surface area contributed by atoms with E-state index in [4.69, 9.17) is 0 Å². The molecule has 0 aromatic heterocycles. The maximum atomic E-state index is 3.59. The molecule has 1 aliphatic carbocycles. The zero-order valence-electron chi connectivity index (χ0n) is 10.7. The number of hydrogen-bond acceptors (Lipinski definition) is 3. The van der Waals surface area contributed by atoms with Crippen molar-refractivity contribution in [1.29, 1.82) is 0 Å². The molecule has 1 saturated carbocycles. The van der Waals surface area contributed by atoms with Crippen molar-refractivity contribution in [2.24, 2.45) is 0 Å². The molecule has 2 nitrogen and oxygen atoms in total. The Kier molecular flexibility index (Phi) is 4.98. The number of unbranched alkanes of at least 4 members (excludes halogenated alkanes) is 1. The molecule has 16 heavy (non-hydrogen) atoms. The average Bonchev–Trinajstić information content (AvgIpc) is 2.99. The number of hydrogen-bond donors (Lipinski definition) is 1. The molecule has 0 radical (unpaired) electrons. The van der Waals surface area contributed by atoms with Crippen molar-refractivity contribution in [3.63, 3.8) is 0 Å². The summed E-state index contributed by atoms with van der Waals surface area (Å²) < 4.78 is 0. The monoisotopic (exact) mass is 242 g/mol. The third kappa shape index (κ3) is 4.64. The van der Waals surface area contributed by atoms with Gasteiger partial charge >= 0.3 is 0 Å². The fourth-order valence-corrected chi connectivity index (χ4v) is 3.91. The molecular formula is C13H26N2S. The van der Waals surface area contributed by atoms with Gasteiger partial charge in [-0.05, 0) is 38.8 Å². The molecule has 0 aromatic carbocycles. The highest BCUT2D eigenvalue weighted by Gasteiger charge is 2.22. The summed E-state index contributed by atoms with van der Waals surface area (Å²) in [5.41, 5.74) is 0. The second-order valence-electron chi connectivity index (χ2n) is 5.45. The summed E-state index contributed by atoms with van der Waals surface area (Å²) in [6, 6.07) is 0.881. The van der Waals surface area contributed by atoms with Crippen molar-refractivity contribution in [1.82, 2.24) is 10.2 Å². The Bertz CT molecular complexity index is 196. The van der Waals surface area contributed by atoms with Gasteiger partial charge in [-0.2, -0.15) is 11.8 Å². The zero-order chi connectivity index (χ0) is 11.4. The molecule has 1 heterocycles. The van der Waals surface area contributed by atoms with Gasteiger partial charge in [0.1, 0.15) is 0 Å². The van der Waals surface area contributed by atoms with Crippen LogP contribution in [0.1, 0.15) is 39.5 Å². The predicted molar refractivity (Wildman–Crippen MR) is 73.2 cm³/mol. The molecule has 1 N–H and O–H groups in total. The molecule has 2 rings (SSSR count). The Balaban J connectivity index is 1.50. The van der Waals surface area contributed by atoms with Crippen molar-refractivity contribution in [2.45, 2.75) is 56.1 Å². The summed E-state index contributed by atoms with van der Waals surface area (Å²) in [6.07, 6.45) is 5.55. The highest BCUT2D eigenvalue weighted by Crippen LogP contribution is 2.24. The first kappa shape index (κ1) is 12.7. The van der Waals surface area contributed by atoms with Crippen LogP contribution in [-0.2, 0) is 0 Å². The molecule has 94 valence electrons. The standard InChI is InChI=1S/C13H26N2S/c1-11-9-15(10-12(2)16-11)8-4-3-7-14-13-5-6-13/h11-14H,3-10H2,1-2H3. The Labute approximate surface area is 105 Å². The minimum Gasteiger partial charge on any atom is -0.314 e. The predicted octanol–water partition coefficient (Wildman–Crippen LogP) is 2.34. The van der Waals surface area contributed by atoms with Crippen LogP contribution in [0.25, 0.3) is 0 Å². The lowest BCUT2D eigenvalue weighted by atomic mass is 10.2. The third-order valence-corrected chi connectivity index (χ3v) is 4.63. The molecule has 1 aliphatic heterocycles. The van der Waals surface area contributed by atoms with Gasteiger partial charge in [-0.25, -0.2) is 0 Å². The van der Waals surface area contributed by atoms with Crippen molar-refractivity contribution >= 4 is 11.8 Å². The van der Waals surface area contributed by atoms with Crippen LogP contribution in [0, 0.1) is 0 Å². The highest BCUT2D eigenvalue weighted by molar-refractivity contribution is 8.00. The lowest BCUT2D eigenvalue weighted by molar-refractivity contribution is 0.265. The van der Waals surface area contributed by atoms with Crippen LogP contribution in [0.15, 0.2) is 0 Å². The first-order valence-electron chi connectivity index (χ1n) is 6.85. The van der Waals surface area contributed by atoms with Gasteiger partial charge in [-0.15, -0.1) is 0 Å². The van der Waals surface area contributed by atoms with Gasteiger partial charge < -0.3 is 10.2 Å². The van der Waals surface area contributed by atoms with Crippen molar-refractivity contribution in [3.8, 4) is 0 Å². The molecule has 0 bridgehead atoms. The number of rotatable bonds is 6. The SMILES string of the molecule is CC1CN(CCCCNC2CC2)CC(C)S1. The number of nitrogens with zero attached hydrogens (tertiary/aromatic N) is 1. The van der Waals surface area contributed by atoms with Crippen molar-refractivity contribution in [3.05, 3.63) is 0 Å². The average molecular weight is 242 g/mol. The first-order chi connectivity index (χ1) is 7.74. The third-order valence-electron chi connectivity index (χ3n) is 3.41. The van der Waals surface area contributed by atoms with E-state index < -0.39 is 0 Å². The van der Waals surface area contributed by atoms with E-state index in [9.17, 15) is 0 Å². The summed E-state index contributed by atoms with van der Waals surface area (Å²) in [4.78, 5) is 2.66. The van der Waals surface area contributed by atoms with Gasteiger partial charge in [0.15, 0.2) is 0 Å². The quantitative estimate of drug-likeness (QED) is 0.720. The van der Waals surface area contributed by atoms with E-state index in [0.29, 0.717) is 0 Å². The minimum absolute atomic E-state index is 0.827. The van der Waals surface area contributed by atoms with E-state index in [0.717, 1.165) is 16.5 Å². The van der Waals surface area contributed by atoms with Crippen LogP contribution in [0.4, 0.5) is 0 Å². The van der Waals surface area contributed by atoms with E-state index in [1.54, 1.807) is 0 Å². The fourth-order valence-electron chi connectivity index (χ4n) is 2.52. The van der Waals surface area contributed by atoms with E-state index in [-0.39, 0.29) is 0 Å². The Hall–Kier alpha value is 0.270. The normalized spacial score (nSPS) is 31.9. The van der Waals surface area contributed by atoms with Gasteiger partial charge in [0, 0.05) is 29.6 Å². The molecule has 0 amide bonds. The smallest absolute Gasteiger partial charge is 0.0149 e.